The summed E-state index contributed by atoms with van der Waals surface area (Å²) in [5, 5.41) is 4.06. The quantitative estimate of drug-likeness (QED) is 0.590. The van der Waals surface area contributed by atoms with Crippen LogP contribution in [0.1, 0.15) is 42.1 Å². The summed E-state index contributed by atoms with van der Waals surface area (Å²) in [5.74, 6) is -0.302. The van der Waals surface area contributed by atoms with Gasteiger partial charge in [0, 0.05) is 47.9 Å². The van der Waals surface area contributed by atoms with Crippen LogP contribution in [0.4, 0.5) is 5.69 Å². The Bertz CT molecular complexity index is 1120. The third-order valence-corrected chi connectivity index (χ3v) is 5.96. The molecule has 1 fully saturated rings. The first kappa shape index (κ1) is 20.8. The number of aryl methyl sites for hydroxylation is 1. The second-order valence-corrected chi connectivity index (χ2v) is 8.16. The van der Waals surface area contributed by atoms with E-state index in [2.05, 4.69) is 16.4 Å². The molecule has 4 rings (SSSR count). The van der Waals surface area contributed by atoms with E-state index in [-0.39, 0.29) is 23.5 Å². The zero-order valence-electron chi connectivity index (χ0n) is 17.7. The number of hydrogen-bond donors (Lipinski definition) is 2. The number of amides is 2. The van der Waals surface area contributed by atoms with Crippen molar-refractivity contribution in [3.05, 3.63) is 65.9 Å². The predicted molar refractivity (Wildman–Crippen MR) is 121 cm³/mol. The molecule has 31 heavy (non-hydrogen) atoms. The van der Waals surface area contributed by atoms with Crippen molar-refractivity contribution < 1.29 is 14.4 Å². The van der Waals surface area contributed by atoms with Gasteiger partial charge in [0.05, 0.1) is 5.92 Å². The van der Waals surface area contributed by atoms with Crippen LogP contribution in [0.5, 0.6) is 0 Å². The largest absolute Gasteiger partial charge is 0.361 e. The fourth-order valence-corrected chi connectivity index (χ4v) is 4.22. The van der Waals surface area contributed by atoms with E-state index in [1.165, 1.54) is 6.92 Å². The highest BCUT2D eigenvalue weighted by molar-refractivity contribution is 5.97. The molecule has 6 nitrogen and oxygen atoms in total. The van der Waals surface area contributed by atoms with Crippen LogP contribution in [0.25, 0.3) is 10.9 Å². The number of piperidine rings is 1. The Morgan fingerprint density at radius 1 is 1.13 bits per heavy atom. The third kappa shape index (κ3) is 4.85. The summed E-state index contributed by atoms with van der Waals surface area (Å²) in [6.07, 6.45) is 4.64. The first-order valence-electron chi connectivity index (χ1n) is 10.8. The average molecular weight is 418 g/mol. The number of nitrogens with one attached hydrogen (secondary N) is 2. The molecule has 6 heteroatoms. The molecule has 1 saturated heterocycles. The standard InChI is InChI=1S/C25H27N3O3/c1-17(29)18-6-4-8-21(14-18)27-25(31)20-7-5-13-28(16-20)24(30)12-11-19-15-26-23-10-3-2-9-22(19)23/h2-4,6,8-10,14-15,20,26H,5,7,11-13,16H2,1H3,(H,27,31). The Balaban J connectivity index is 1.34. The van der Waals surface area contributed by atoms with Crippen molar-refractivity contribution in [3.63, 3.8) is 0 Å². The number of aromatic amines is 1. The van der Waals surface area contributed by atoms with E-state index in [4.69, 9.17) is 0 Å². The van der Waals surface area contributed by atoms with Crippen LogP contribution in [-0.4, -0.2) is 40.6 Å². The second-order valence-electron chi connectivity index (χ2n) is 8.16. The van der Waals surface area contributed by atoms with E-state index in [9.17, 15) is 14.4 Å². The van der Waals surface area contributed by atoms with Crippen LogP contribution in [-0.2, 0) is 16.0 Å². The van der Waals surface area contributed by atoms with Gasteiger partial charge in [-0.25, -0.2) is 0 Å². The number of H-pyrrole nitrogens is 1. The number of benzene rings is 2. The number of anilines is 1. The number of carbonyl (C=O) groups is 3. The molecule has 1 aromatic heterocycles. The monoisotopic (exact) mass is 417 g/mol. The molecule has 3 aromatic rings. The van der Waals surface area contributed by atoms with Crippen molar-refractivity contribution in [3.8, 4) is 0 Å². The van der Waals surface area contributed by atoms with E-state index >= 15 is 0 Å². The number of carbonyl (C=O) groups excluding carboxylic acids is 3. The van der Waals surface area contributed by atoms with E-state index in [1.807, 2.05) is 29.3 Å². The lowest BCUT2D eigenvalue weighted by molar-refractivity contribution is -0.134. The van der Waals surface area contributed by atoms with Crippen LogP contribution >= 0.6 is 0 Å². The Hall–Kier alpha value is -3.41. The zero-order chi connectivity index (χ0) is 21.8. The number of para-hydroxylation sites is 1. The van der Waals surface area contributed by atoms with E-state index in [0.717, 1.165) is 29.3 Å². The second kappa shape index (κ2) is 9.16. The van der Waals surface area contributed by atoms with Gasteiger partial charge in [0.15, 0.2) is 5.78 Å². The fourth-order valence-electron chi connectivity index (χ4n) is 4.22. The topological polar surface area (TPSA) is 82.3 Å². The summed E-state index contributed by atoms with van der Waals surface area (Å²) >= 11 is 0. The molecule has 1 aliphatic rings. The maximum atomic E-state index is 12.8. The van der Waals surface area contributed by atoms with Crippen LogP contribution in [0.2, 0.25) is 0 Å². The van der Waals surface area contributed by atoms with Crippen LogP contribution in [0.3, 0.4) is 0 Å². The van der Waals surface area contributed by atoms with Gasteiger partial charge in [-0.15, -0.1) is 0 Å². The fraction of sp³-hybridized carbons (Fsp3) is 0.320. The number of nitrogens with zero attached hydrogens (tertiary/aromatic N) is 1. The van der Waals surface area contributed by atoms with Gasteiger partial charge in [0.1, 0.15) is 0 Å². The molecule has 0 bridgehead atoms. The van der Waals surface area contributed by atoms with Crippen LogP contribution < -0.4 is 5.32 Å². The molecule has 1 atom stereocenters. The highest BCUT2D eigenvalue weighted by Crippen LogP contribution is 2.22. The zero-order valence-corrected chi connectivity index (χ0v) is 17.7. The van der Waals surface area contributed by atoms with Crippen molar-refractivity contribution in [2.24, 2.45) is 5.92 Å². The van der Waals surface area contributed by atoms with Gasteiger partial charge < -0.3 is 15.2 Å². The molecule has 0 spiro atoms. The summed E-state index contributed by atoms with van der Waals surface area (Å²) in [7, 11) is 0. The van der Waals surface area contributed by atoms with Gasteiger partial charge in [-0.2, -0.15) is 0 Å². The highest BCUT2D eigenvalue weighted by Gasteiger charge is 2.28. The number of hydrogen-bond acceptors (Lipinski definition) is 3. The molecule has 0 saturated carbocycles. The Morgan fingerprint density at radius 2 is 1.97 bits per heavy atom. The summed E-state index contributed by atoms with van der Waals surface area (Å²) in [6.45, 7) is 2.63. The van der Waals surface area contributed by atoms with E-state index in [1.54, 1.807) is 24.3 Å². The van der Waals surface area contributed by atoms with Crippen molar-refractivity contribution in [2.45, 2.75) is 32.6 Å². The summed E-state index contributed by atoms with van der Waals surface area (Å²) in [5.41, 5.74) is 3.39. The predicted octanol–water partition coefficient (Wildman–Crippen LogP) is 4.18. The first-order chi connectivity index (χ1) is 15.0. The minimum absolute atomic E-state index is 0.0410. The molecular weight excluding hydrogens is 390 g/mol. The maximum Gasteiger partial charge on any atom is 0.229 e. The lowest BCUT2D eigenvalue weighted by Gasteiger charge is -2.32. The maximum absolute atomic E-state index is 12.8. The average Bonchev–Trinajstić information content (AvgIpc) is 3.21. The number of aromatic nitrogens is 1. The number of rotatable bonds is 6. The normalized spacial score (nSPS) is 16.3. The Morgan fingerprint density at radius 3 is 2.81 bits per heavy atom. The van der Waals surface area contributed by atoms with Crippen LogP contribution in [0, 0.1) is 5.92 Å². The number of Topliss-reactive ketones (excluding diaryl/α,β-unsaturated/α-hetero) is 1. The molecule has 2 aromatic carbocycles. The van der Waals surface area contributed by atoms with Gasteiger partial charge in [-0.1, -0.05) is 30.3 Å². The molecule has 2 amide bonds. The molecule has 0 radical (unpaired) electrons. The van der Waals surface area contributed by atoms with Gasteiger partial charge >= 0.3 is 0 Å². The van der Waals surface area contributed by atoms with Gasteiger partial charge in [-0.3, -0.25) is 14.4 Å². The van der Waals surface area contributed by atoms with Crippen molar-refractivity contribution in [1.82, 2.24) is 9.88 Å². The molecule has 0 aliphatic carbocycles. The summed E-state index contributed by atoms with van der Waals surface area (Å²) in [4.78, 5) is 42.2. The van der Waals surface area contributed by atoms with Gasteiger partial charge in [0.25, 0.3) is 0 Å². The molecule has 160 valence electrons. The summed E-state index contributed by atoms with van der Waals surface area (Å²) in [6, 6.07) is 15.0. The van der Waals surface area contributed by atoms with Crippen molar-refractivity contribution in [2.75, 3.05) is 18.4 Å². The minimum Gasteiger partial charge on any atom is -0.361 e. The molecule has 2 heterocycles. The van der Waals surface area contributed by atoms with E-state index in [0.29, 0.717) is 37.2 Å². The van der Waals surface area contributed by atoms with Crippen molar-refractivity contribution in [1.29, 1.82) is 0 Å². The Kier molecular flexibility index (Phi) is 6.16. The third-order valence-electron chi connectivity index (χ3n) is 5.96. The number of likely N-dealkylation sites (tertiary alicyclic amines) is 1. The summed E-state index contributed by atoms with van der Waals surface area (Å²) < 4.78 is 0. The molecule has 1 aliphatic heterocycles. The number of fused-ring (bicyclic) bond motifs is 1. The smallest absolute Gasteiger partial charge is 0.229 e. The van der Waals surface area contributed by atoms with Gasteiger partial charge in [-0.05, 0) is 49.9 Å². The Labute approximate surface area is 181 Å². The minimum atomic E-state index is -0.244. The molecule has 2 N–H and O–H groups in total. The molecule has 1 unspecified atom stereocenters. The number of ketones is 1. The van der Waals surface area contributed by atoms with Crippen LogP contribution in [0.15, 0.2) is 54.7 Å². The van der Waals surface area contributed by atoms with Gasteiger partial charge in [0.2, 0.25) is 11.8 Å². The lowest BCUT2D eigenvalue weighted by Crippen LogP contribution is -2.43. The van der Waals surface area contributed by atoms with E-state index < -0.39 is 0 Å². The first-order valence-corrected chi connectivity index (χ1v) is 10.8. The highest BCUT2D eigenvalue weighted by atomic mass is 16.2. The SMILES string of the molecule is CC(=O)c1cccc(NC(=O)C2CCCN(C(=O)CCc3c[nH]c4ccccc34)C2)c1. The lowest BCUT2D eigenvalue weighted by atomic mass is 9.96. The molecular formula is C25H27N3O3. The van der Waals surface area contributed by atoms with Crippen molar-refractivity contribution >= 4 is 34.2 Å².